The number of fused-ring (bicyclic) bond motifs is 1. The highest BCUT2D eigenvalue weighted by atomic mass is 127. The van der Waals surface area contributed by atoms with Crippen LogP contribution in [0, 0.1) is 3.57 Å². The zero-order valence-electron chi connectivity index (χ0n) is 16.7. The van der Waals surface area contributed by atoms with Crippen molar-refractivity contribution in [1.82, 2.24) is 14.6 Å². The predicted molar refractivity (Wildman–Crippen MR) is 130 cm³/mol. The number of unbranched alkanes of at least 4 members (excludes halogenated alkanes) is 3. The molecular formula is C23H22IN3O2S. The Bertz CT molecular complexity index is 1230. The molecule has 0 bridgehead atoms. The van der Waals surface area contributed by atoms with E-state index in [0.717, 1.165) is 33.5 Å². The fraction of sp³-hybridized carbons (Fsp3) is 0.261. The third kappa shape index (κ3) is 4.89. The van der Waals surface area contributed by atoms with E-state index in [4.69, 9.17) is 4.74 Å². The van der Waals surface area contributed by atoms with Crippen LogP contribution in [0.15, 0.2) is 53.3 Å². The molecule has 2 heterocycles. The molecule has 5 nitrogen and oxygen atoms in total. The zero-order chi connectivity index (χ0) is 20.9. The minimum Gasteiger partial charge on any atom is -0.494 e. The van der Waals surface area contributed by atoms with Gasteiger partial charge in [-0.3, -0.25) is 4.79 Å². The Kier molecular flexibility index (Phi) is 6.79. The fourth-order valence-corrected chi connectivity index (χ4v) is 4.35. The van der Waals surface area contributed by atoms with E-state index in [0.29, 0.717) is 15.3 Å². The molecule has 0 saturated heterocycles. The molecule has 0 aliphatic carbocycles. The standard InChI is InChI=1S/C23H22IN3O2S/c1-2-3-4-5-14-29-19-12-8-17(9-13-19)21-25-23-27(26-21)22(28)20(30-23)15-16-6-10-18(24)11-7-16/h6-13,15H,2-5,14H2,1H3. The van der Waals surface area contributed by atoms with Crippen LogP contribution in [0.4, 0.5) is 0 Å². The van der Waals surface area contributed by atoms with Gasteiger partial charge in [-0.1, -0.05) is 49.7 Å². The number of halogens is 1. The second kappa shape index (κ2) is 9.70. The van der Waals surface area contributed by atoms with Crippen molar-refractivity contribution in [3.05, 3.63) is 72.6 Å². The Morgan fingerprint density at radius 3 is 2.53 bits per heavy atom. The van der Waals surface area contributed by atoms with Gasteiger partial charge in [-0.25, -0.2) is 0 Å². The summed E-state index contributed by atoms with van der Waals surface area (Å²) in [4.78, 5) is 17.9. The first kappa shape index (κ1) is 21.0. The Labute approximate surface area is 192 Å². The van der Waals surface area contributed by atoms with Gasteiger partial charge >= 0.3 is 0 Å². The summed E-state index contributed by atoms with van der Waals surface area (Å²) in [6.07, 6.45) is 6.62. The molecule has 154 valence electrons. The van der Waals surface area contributed by atoms with Gasteiger partial charge in [0.15, 0.2) is 5.82 Å². The molecule has 30 heavy (non-hydrogen) atoms. The number of thiazole rings is 1. The summed E-state index contributed by atoms with van der Waals surface area (Å²) in [7, 11) is 0. The monoisotopic (exact) mass is 531 g/mol. The van der Waals surface area contributed by atoms with Gasteiger partial charge in [0.1, 0.15) is 5.75 Å². The Morgan fingerprint density at radius 2 is 1.83 bits per heavy atom. The summed E-state index contributed by atoms with van der Waals surface area (Å²) in [5, 5.41) is 4.43. The van der Waals surface area contributed by atoms with E-state index < -0.39 is 0 Å². The largest absolute Gasteiger partial charge is 0.494 e. The van der Waals surface area contributed by atoms with E-state index in [2.05, 4.69) is 39.6 Å². The van der Waals surface area contributed by atoms with Crippen molar-refractivity contribution in [1.29, 1.82) is 0 Å². The topological polar surface area (TPSA) is 56.5 Å². The highest BCUT2D eigenvalue weighted by molar-refractivity contribution is 14.1. The molecule has 2 aromatic heterocycles. The van der Waals surface area contributed by atoms with E-state index in [-0.39, 0.29) is 5.56 Å². The number of rotatable bonds is 8. The van der Waals surface area contributed by atoms with Crippen molar-refractivity contribution in [2.75, 3.05) is 6.61 Å². The average Bonchev–Trinajstić information content (AvgIpc) is 3.30. The normalized spacial score (nSPS) is 12.0. The molecule has 0 aliphatic heterocycles. The number of nitrogens with zero attached hydrogens (tertiary/aromatic N) is 3. The van der Waals surface area contributed by atoms with Gasteiger partial charge in [0.05, 0.1) is 11.1 Å². The minimum absolute atomic E-state index is 0.140. The van der Waals surface area contributed by atoms with Crippen LogP contribution in [0.3, 0.4) is 0 Å². The molecule has 0 N–H and O–H groups in total. The van der Waals surface area contributed by atoms with E-state index in [1.165, 1.54) is 35.1 Å². The van der Waals surface area contributed by atoms with Crippen LogP contribution in [0.5, 0.6) is 5.75 Å². The van der Waals surface area contributed by atoms with Crippen molar-refractivity contribution >= 4 is 45.0 Å². The number of benzene rings is 2. The number of aromatic nitrogens is 3. The predicted octanol–water partition coefficient (Wildman–Crippen LogP) is 4.93. The van der Waals surface area contributed by atoms with Crippen LogP contribution in [0.2, 0.25) is 0 Å². The maximum absolute atomic E-state index is 12.7. The molecule has 2 aromatic carbocycles. The molecule has 0 amide bonds. The third-order valence-corrected chi connectivity index (χ3v) is 6.41. The van der Waals surface area contributed by atoms with Crippen LogP contribution in [-0.4, -0.2) is 21.2 Å². The molecule has 7 heteroatoms. The van der Waals surface area contributed by atoms with Crippen molar-refractivity contribution in [3.63, 3.8) is 0 Å². The molecule has 0 unspecified atom stereocenters. The summed E-state index contributed by atoms with van der Waals surface area (Å²) in [5.74, 6) is 1.39. The molecule has 0 radical (unpaired) electrons. The van der Waals surface area contributed by atoms with E-state index in [1.54, 1.807) is 0 Å². The summed E-state index contributed by atoms with van der Waals surface area (Å²) in [5.41, 5.74) is 1.72. The van der Waals surface area contributed by atoms with Gasteiger partial charge in [-0.05, 0) is 77.0 Å². The lowest BCUT2D eigenvalue weighted by Crippen LogP contribution is -2.23. The van der Waals surface area contributed by atoms with Gasteiger partial charge in [-0.2, -0.15) is 9.50 Å². The lowest BCUT2D eigenvalue weighted by molar-refractivity contribution is 0.305. The highest BCUT2D eigenvalue weighted by Crippen LogP contribution is 2.21. The van der Waals surface area contributed by atoms with Gasteiger partial charge in [0.25, 0.3) is 5.56 Å². The average molecular weight is 531 g/mol. The molecular weight excluding hydrogens is 509 g/mol. The number of ether oxygens (including phenoxy) is 1. The first-order valence-electron chi connectivity index (χ1n) is 10.0. The highest BCUT2D eigenvalue weighted by Gasteiger charge is 2.12. The maximum Gasteiger partial charge on any atom is 0.291 e. The summed E-state index contributed by atoms with van der Waals surface area (Å²) < 4.78 is 8.96. The lowest BCUT2D eigenvalue weighted by Gasteiger charge is -2.06. The first-order chi connectivity index (χ1) is 14.6. The van der Waals surface area contributed by atoms with E-state index >= 15 is 0 Å². The molecule has 4 aromatic rings. The SMILES string of the molecule is CCCCCCOc1ccc(-c2nc3sc(=Cc4ccc(I)cc4)c(=O)n3n2)cc1. The van der Waals surface area contributed by atoms with Crippen molar-refractivity contribution in [2.45, 2.75) is 32.6 Å². The molecule has 0 aliphatic rings. The second-order valence-electron chi connectivity index (χ2n) is 7.03. The van der Waals surface area contributed by atoms with Crippen molar-refractivity contribution in [2.24, 2.45) is 0 Å². The molecule has 0 saturated carbocycles. The summed E-state index contributed by atoms with van der Waals surface area (Å²) in [6, 6.07) is 15.8. The van der Waals surface area contributed by atoms with E-state index in [9.17, 15) is 4.79 Å². The Balaban J connectivity index is 1.50. The van der Waals surface area contributed by atoms with Crippen molar-refractivity contribution < 1.29 is 4.74 Å². The third-order valence-electron chi connectivity index (χ3n) is 4.73. The number of hydrogen-bond acceptors (Lipinski definition) is 5. The zero-order valence-corrected chi connectivity index (χ0v) is 19.7. The van der Waals surface area contributed by atoms with E-state index in [1.807, 2.05) is 54.6 Å². The summed E-state index contributed by atoms with van der Waals surface area (Å²) in [6.45, 7) is 2.93. The van der Waals surface area contributed by atoms with Crippen LogP contribution in [0.1, 0.15) is 38.2 Å². The first-order valence-corrected chi connectivity index (χ1v) is 11.9. The van der Waals surface area contributed by atoms with Gasteiger partial charge in [0, 0.05) is 9.13 Å². The molecule has 0 atom stereocenters. The van der Waals surface area contributed by atoms with Crippen LogP contribution < -0.4 is 14.8 Å². The number of hydrogen-bond donors (Lipinski definition) is 0. The quantitative estimate of drug-likeness (QED) is 0.239. The Morgan fingerprint density at radius 1 is 1.07 bits per heavy atom. The minimum atomic E-state index is -0.140. The maximum atomic E-state index is 12.7. The molecule has 4 rings (SSSR count). The van der Waals surface area contributed by atoms with Crippen LogP contribution in [0.25, 0.3) is 22.4 Å². The van der Waals surface area contributed by atoms with Crippen LogP contribution in [-0.2, 0) is 0 Å². The Hall–Kier alpha value is -2.26. The summed E-state index contributed by atoms with van der Waals surface area (Å²) >= 11 is 3.62. The van der Waals surface area contributed by atoms with Gasteiger partial charge < -0.3 is 4.74 Å². The molecule has 0 spiro atoms. The van der Waals surface area contributed by atoms with Crippen LogP contribution >= 0.6 is 33.9 Å². The smallest absolute Gasteiger partial charge is 0.291 e. The second-order valence-corrected chi connectivity index (χ2v) is 9.29. The molecule has 0 fully saturated rings. The van der Waals surface area contributed by atoms with Crippen molar-refractivity contribution in [3.8, 4) is 17.1 Å². The fourth-order valence-electron chi connectivity index (χ4n) is 3.09. The van der Waals surface area contributed by atoms with Gasteiger partial charge in [0.2, 0.25) is 4.96 Å². The van der Waals surface area contributed by atoms with Gasteiger partial charge in [-0.15, -0.1) is 5.10 Å². The lowest BCUT2D eigenvalue weighted by atomic mass is 10.2.